The predicted molar refractivity (Wildman–Crippen MR) is 121 cm³/mol. The molecule has 1 N–H and O–H groups in total. The molecule has 32 heavy (non-hydrogen) atoms. The van der Waals surface area contributed by atoms with Crippen molar-refractivity contribution in [2.24, 2.45) is 0 Å². The normalized spacial score (nSPS) is 12.0. The summed E-state index contributed by atoms with van der Waals surface area (Å²) in [6, 6.07) is 21.4. The Bertz CT molecular complexity index is 1090. The molecule has 0 aromatic heterocycles. The van der Waals surface area contributed by atoms with Crippen LogP contribution in [-0.2, 0) is 4.79 Å². The lowest BCUT2D eigenvalue weighted by Gasteiger charge is -2.23. The van der Waals surface area contributed by atoms with E-state index in [2.05, 4.69) is 0 Å². The summed E-state index contributed by atoms with van der Waals surface area (Å²) in [5.74, 6) is -0.216. The van der Waals surface area contributed by atoms with E-state index < -0.39 is 11.6 Å². The molecule has 0 saturated heterocycles. The number of rotatable bonds is 9. The minimum absolute atomic E-state index is 0.139. The van der Waals surface area contributed by atoms with E-state index in [0.717, 1.165) is 5.56 Å². The van der Waals surface area contributed by atoms with E-state index in [1.54, 1.807) is 36.4 Å². The molecule has 0 saturated carbocycles. The van der Waals surface area contributed by atoms with E-state index in [0.29, 0.717) is 17.1 Å². The number of carboxylic acid groups (broad SMARTS) is 1. The Labute approximate surface area is 187 Å². The third kappa shape index (κ3) is 5.27. The smallest absolute Gasteiger partial charge is 0.347 e. The first kappa shape index (κ1) is 22.9. The van der Waals surface area contributed by atoms with Crippen LogP contribution < -0.4 is 14.2 Å². The molecule has 0 unspecified atom stereocenters. The molecule has 1 atom stereocenters. The summed E-state index contributed by atoms with van der Waals surface area (Å²) in [4.78, 5) is 24.7. The Morgan fingerprint density at radius 3 is 2.12 bits per heavy atom. The highest BCUT2D eigenvalue weighted by Crippen LogP contribution is 2.31. The lowest BCUT2D eigenvalue weighted by atomic mass is 10.0. The molecular formula is C26H26O6. The third-order valence-electron chi connectivity index (χ3n) is 5.01. The molecule has 0 aliphatic heterocycles. The van der Waals surface area contributed by atoms with E-state index in [9.17, 15) is 14.7 Å². The Balaban J connectivity index is 1.83. The van der Waals surface area contributed by atoms with Gasteiger partial charge in [-0.3, -0.25) is 4.79 Å². The summed E-state index contributed by atoms with van der Waals surface area (Å²) in [7, 11) is 1.48. The van der Waals surface area contributed by atoms with Crippen molar-refractivity contribution in [2.45, 2.75) is 32.5 Å². The van der Waals surface area contributed by atoms with E-state index in [4.69, 9.17) is 14.2 Å². The summed E-state index contributed by atoms with van der Waals surface area (Å²) < 4.78 is 16.9. The first-order valence-electron chi connectivity index (χ1n) is 10.2. The van der Waals surface area contributed by atoms with Gasteiger partial charge >= 0.3 is 5.97 Å². The van der Waals surface area contributed by atoms with Gasteiger partial charge in [-0.05, 0) is 62.7 Å². The van der Waals surface area contributed by atoms with Gasteiger partial charge in [-0.15, -0.1) is 0 Å². The second-order valence-corrected chi connectivity index (χ2v) is 7.80. The Morgan fingerprint density at radius 1 is 0.906 bits per heavy atom. The van der Waals surface area contributed by atoms with Crippen LogP contribution in [0.5, 0.6) is 17.2 Å². The summed E-state index contributed by atoms with van der Waals surface area (Å²) in [6.45, 7) is 4.80. The minimum Gasteiger partial charge on any atom is -0.497 e. The lowest BCUT2D eigenvalue weighted by molar-refractivity contribution is -0.152. The molecule has 0 aliphatic rings. The Morgan fingerprint density at radius 2 is 1.53 bits per heavy atom. The highest BCUT2D eigenvalue weighted by molar-refractivity contribution is 6.11. The molecule has 0 radical (unpaired) electrons. The summed E-state index contributed by atoms with van der Waals surface area (Å²) in [5, 5.41) is 9.41. The van der Waals surface area contributed by atoms with Crippen LogP contribution in [0.1, 0.15) is 48.4 Å². The van der Waals surface area contributed by atoms with Crippen molar-refractivity contribution in [3.05, 3.63) is 89.5 Å². The number of carbonyl (C=O) groups is 2. The van der Waals surface area contributed by atoms with Gasteiger partial charge in [0.2, 0.25) is 0 Å². The van der Waals surface area contributed by atoms with Gasteiger partial charge in [-0.25, -0.2) is 4.79 Å². The first-order valence-corrected chi connectivity index (χ1v) is 10.2. The van der Waals surface area contributed by atoms with Gasteiger partial charge in [-0.2, -0.15) is 0 Å². The molecule has 3 aromatic rings. The van der Waals surface area contributed by atoms with E-state index >= 15 is 0 Å². The minimum atomic E-state index is -1.52. The molecule has 6 heteroatoms. The average Bonchev–Trinajstić information content (AvgIpc) is 2.79. The van der Waals surface area contributed by atoms with Gasteiger partial charge in [-0.1, -0.05) is 30.3 Å². The van der Waals surface area contributed by atoms with Crippen molar-refractivity contribution in [2.75, 3.05) is 7.11 Å². The van der Waals surface area contributed by atoms with Crippen LogP contribution in [-0.4, -0.2) is 29.6 Å². The number of methoxy groups -OCH3 is 1. The number of ether oxygens (including phenoxy) is 3. The molecule has 0 aliphatic carbocycles. The monoisotopic (exact) mass is 434 g/mol. The second-order valence-electron chi connectivity index (χ2n) is 7.80. The summed E-state index contributed by atoms with van der Waals surface area (Å²) in [5.41, 5.74) is 0.195. The van der Waals surface area contributed by atoms with Gasteiger partial charge in [0.1, 0.15) is 23.4 Å². The number of benzene rings is 3. The molecule has 0 fully saturated rings. The molecule has 0 amide bonds. The Kier molecular flexibility index (Phi) is 6.83. The third-order valence-corrected chi connectivity index (χ3v) is 5.01. The zero-order valence-corrected chi connectivity index (χ0v) is 18.5. The fourth-order valence-corrected chi connectivity index (χ4v) is 3.06. The maximum atomic E-state index is 13.2. The SMILES string of the molecule is COc1ccc(C(=O)c2ccc(O[C@@H](C)c3ccccc3)cc2)c(OC(C)(C)C(=O)O)c1. The van der Waals surface area contributed by atoms with Crippen molar-refractivity contribution in [3.8, 4) is 17.2 Å². The van der Waals surface area contributed by atoms with Crippen LogP contribution >= 0.6 is 0 Å². The summed E-state index contributed by atoms with van der Waals surface area (Å²) in [6.07, 6.45) is -0.141. The van der Waals surface area contributed by atoms with Gasteiger partial charge in [0, 0.05) is 11.6 Å². The van der Waals surface area contributed by atoms with E-state index in [-0.39, 0.29) is 23.2 Å². The molecule has 0 heterocycles. The average molecular weight is 434 g/mol. The highest BCUT2D eigenvalue weighted by Gasteiger charge is 2.31. The first-order chi connectivity index (χ1) is 15.2. The zero-order valence-electron chi connectivity index (χ0n) is 18.5. The van der Waals surface area contributed by atoms with Crippen LogP contribution in [0.4, 0.5) is 0 Å². The van der Waals surface area contributed by atoms with Crippen molar-refractivity contribution >= 4 is 11.8 Å². The van der Waals surface area contributed by atoms with Gasteiger partial charge in [0.05, 0.1) is 12.7 Å². The standard InChI is InChI=1S/C26H26O6/c1-17(18-8-6-5-7-9-18)31-20-12-10-19(11-13-20)24(27)22-15-14-21(30-4)16-23(22)32-26(2,3)25(28)29/h5-17H,1-4H3,(H,28,29)/t17-/m0/s1. The Hall–Kier alpha value is -3.80. The molecule has 0 bridgehead atoms. The molecule has 3 aromatic carbocycles. The summed E-state index contributed by atoms with van der Waals surface area (Å²) >= 11 is 0. The quantitative estimate of drug-likeness (QED) is 0.460. The number of aliphatic carboxylic acids is 1. The van der Waals surface area contributed by atoms with Gasteiger partial charge in [0.25, 0.3) is 0 Å². The van der Waals surface area contributed by atoms with Crippen LogP contribution in [0.25, 0.3) is 0 Å². The number of ketones is 1. The maximum Gasteiger partial charge on any atom is 0.347 e. The number of carboxylic acids is 1. The zero-order chi connectivity index (χ0) is 23.3. The predicted octanol–water partition coefficient (Wildman–Crippen LogP) is 5.31. The van der Waals surface area contributed by atoms with E-state index in [1.807, 2.05) is 37.3 Å². The number of carbonyl (C=O) groups excluding carboxylic acids is 1. The molecule has 3 rings (SSSR count). The van der Waals surface area contributed by atoms with Crippen LogP contribution in [0, 0.1) is 0 Å². The van der Waals surface area contributed by atoms with Gasteiger partial charge < -0.3 is 19.3 Å². The van der Waals surface area contributed by atoms with Crippen LogP contribution in [0.3, 0.4) is 0 Å². The molecule has 6 nitrogen and oxygen atoms in total. The maximum absolute atomic E-state index is 13.2. The molecule has 0 spiro atoms. The number of hydrogen-bond acceptors (Lipinski definition) is 5. The van der Waals surface area contributed by atoms with Crippen molar-refractivity contribution in [1.29, 1.82) is 0 Å². The lowest BCUT2D eigenvalue weighted by Crippen LogP contribution is -2.38. The van der Waals surface area contributed by atoms with Crippen molar-refractivity contribution in [1.82, 2.24) is 0 Å². The topological polar surface area (TPSA) is 82.1 Å². The van der Waals surface area contributed by atoms with E-state index in [1.165, 1.54) is 27.0 Å². The fourth-order valence-electron chi connectivity index (χ4n) is 3.06. The van der Waals surface area contributed by atoms with Crippen LogP contribution in [0.15, 0.2) is 72.8 Å². The fraction of sp³-hybridized carbons (Fsp3) is 0.231. The molecular weight excluding hydrogens is 408 g/mol. The number of hydrogen-bond donors (Lipinski definition) is 1. The van der Waals surface area contributed by atoms with Crippen LogP contribution in [0.2, 0.25) is 0 Å². The second kappa shape index (κ2) is 9.56. The van der Waals surface area contributed by atoms with Crippen molar-refractivity contribution in [3.63, 3.8) is 0 Å². The van der Waals surface area contributed by atoms with Crippen molar-refractivity contribution < 1.29 is 28.9 Å². The van der Waals surface area contributed by atoms with Gasteiger partial charge in [0.15, 0.2) is 11.4 Å². The largest absolute Gasteiger partial charge is 0.497 e. The molecule has 166 valence electrons. The highest BCUT2D eigenvalue weighted by atomic mass is 16.5.